The number of hydrogen-bond acceptors (Lipinski definition) is 7. The monoisotopic (exact) mass is 540 g/mol. The Hall–Kier alpha value is -1.62. The Labute approximate surface area is 197 Å². The molecule has 1 amide bonds. The number of rotatable bonds is 7. The molecule has 0 spiro atoms. The number of aromatic nitrogens is 1. The summed E-state index contributed by atoms with van der Waals surface area (Å²) in [4.78, 5) is 17.6. The van der Waals surface area contributed by atoms with Gasteiger partial charge in [-0.3, -0.25) is 4.79 Å². The quantitative estimate of drug-likeness (QED) is 0.395. The molecule has 10 heteroatoms. The van der Waals surface area contributed by atoms with Crippen molar-refractivity contribution in [2.75, 3.05) is 5.75 Å². The van der Waals surface area contributed by atoms with Gasteiger partial charge in [-0.15, -0.1) is 11.3 Å². The van der Waals surface area contributed by atoms with Crippen molar-refractivity contribution in [1.82, 2.24) is 10.3 Å². The molecule has 1 fully saturated rings. The molecule has 0 unspecified atom stereocenters. The molecule has 31 heavy (non-hydrogen) atoms. The summed E-state index contributed by atoms with van der Waals surface area (Å²) in [6.45, 7) is 0. The first-order valence-corrected chi connectivity index (χ1v) is 14.0. The van der Waals surface area contributed by atoms with Crippen LogP contribution in [0.2, 0.25) is 0 Å². The van der Waals surface area contributed by atoms with Gasteiger partial charge in [0.1, 0.15) is 0 Å². The first-order valence-electron chi connectivity index (χ1n) is 9.91. The number of carbonyl (C=O) groups is 1. The van der Waals surface area contributed by atoms with Gasteiger partial charge in [0.05, 0.1) is 15.5 Å². The van der Waals surface area contributed by atoms with Crippen LogP contribution >= 0.6 is 39.0 Å². The topological polar surface area (TPSA) is 89.3 Å². The normalized spacial score (nSPS) is 15.1. The Morgan fingerprint density at radius 1 is 1.19 bits per heavy atom. The lowest BCUT2D eigenvalue weighted by Gasteiger charge is -2.22. The van der Waals surface area contributed by atoms with Gasteiger partial charge < -0.3 is 9.73 Å². The van der Waals surface area contributed by atoms with Crippen LogP contribution < -0.4 is 5.32 Å². The number of thiophene rings is 1. The van der Waals surface area contributed by atoms with E-state index in [0.29, 0.717) is 0 Å². The van der Waals surface area contributed by atoms with Crippen LogP contribution in [0.4, 0.5) is 0 Å². The second-order valence-electron chi connectivity index (χ2n) is 7.24. The number of hydrogen-bond donors (Lipinski definition) is 1. The molecule has 1 saturated carbocycles. The summed E-state index contributed by atoms with van der Waals surface area (Å²) in [5.74, 6) is 0.178. The number of benzene rings is 1. The SMILES string of the molecule is O=C(CSc1oc(-c2cccs2)nc1S(=O)(=O)c1ccc(Br)cc1)NC1CCCCC1. The van der Waals surface area contributed by atoms with E-state index in [2.05, 4.69) is 26.2 Å². The predicted octanol–water partition coefficient (Wildman–Crippen LogP) is 5.54. The lowest BCUT2D eigenvalue weighted by Crippen LogP contribution is -2.37. The molecule has 164 valence electrons. The molecule has 1 N–H and O–H groups in total. The average Bonchev–Trinajstić information content (AvgIpc) is 3.43. The summed E-state index contributed by atoms with van der Waals surface area (Å²) in [6, 6.07) is 10.2. The molecule has 0 atom stereocenters. The number of oxazole rings is 1. The van der Waals surface area contributed by atoms with E-state index in [1.807, 2.05) is 17.5 Å². The van der Waals surface area contributed by atoms with E-state index in [1.165, 1.54) is 29.9 Å². The van der Waals surface area contributed by atoms with Gasteiger partial charge in [0.15, 0.2) is 0 Å². The maximum atomic E-state index is 13.3. The second-order valence-corrected chi connectivity index (χ2v) is 11.9. The van der Waals surface area contributed by atoms with Gasteiger partial charge in [0.2, 0.25) is 31.8 Å². The zero-order valence-electron chi connectivity index (χ0n) is 16.5. The molecule has 1 aliphatic carbocycles. The molecule has 1 aromatic carbocycles. The van der Waals surface area contributed by atoms with Crippen LogP contribution in [0.25, 0.3) is 10.8 Å². The van der Waals surface area contributed by atoms with Gasteiger partial charge in [-0.2, -0.15) is 4.98 Å². The van der Waals surface area contributed by atoms with Gasteiger partial charge in [-0.05, 0) is 48.6 Å². The van der Waals surface area contributed by atoms with Crippen LogP contribution in [-0.4, -0.2) is 31.1 Å². The molecule has 0 saturated heterocycles. The smallest absolute Gasteiger partial charge is 0.238 e. The van der Waals surface area contributed by atoms with E-state index in [-0.39, 0.29) is 38.6 Å². The fourth-order valence-electron chi connectivity index (χ4n) is 3.43. The lowest BCUT2D eigenvalue weighted by atomic mass is 9.95. The first-order chi connectivity index (χ1) is 14.9. The molecular weight excluding hydrogens is 520 g/mol. The third-order valence-corrected chi connectivity index (χ3v) is 9.12. The molecule has 1 aliphatic rings. The Morgan fingerprint density at radius 3 is 2.61 bits per heavy atom. The van der Waals surface area contributed by atoms with E-state index >= 15 is 0 Å². The zero-order valence-corrected chi connectivity index (χ0v) is 20.6. The maximum absolute atomic E-state index is 13.3. The highest BCUT2D eigenvalue weighted by Gasteiger charge is 2.29. The Morgan fingerprint density at radius 2 is 1.94 bits per heavy atom. The van der Waals surface area contributed by atoms with Crippen molar-refractivity contribution in [1.29, 1.82) is 0 Å². The molecular formula is C21H21BrN2O4S3. The van der Waals surface area contributed by atoms with Gasteiger partial charge in [-0.25, -0.2) is 8.42 Å². The first kappa shape index (κ1) is 22.6. The van der Waals surface area contributed by atoms with Crippen LogP contribution in [0.3, 0.4) is 0 Å². The Kier molecular flexibility index (Phi) is 7.20. The average molecular weight is 542 g/mol. The molecule has 6 nitrogen and oxygen atoms in total. The van der Waals surface area contributed by atoms with Crippen molar-refractivity contribution < 1.29 is 17.6 Å². The summed E-state index contributed by atoms with van der Waals surface area (Å²) in [6.07, 6.45) is 5.44. The number of thioether (sulfide) groups is 1. The van der Waals surface area contributed by atoms with E-state index in [1.54, 1.807) is 12.1 Å². The van der Waals surface area contributed by atoms with E-state index in [9.17, 15) is 13.2 Å². The minimum atomic E-state index is -3.91. The highest BCUT2D eigenvalue weighted by molar-refractivity contribution is 9.10. The number of sulfone groups is 1. The number of halogens is 1. The minimum absolute atomic E-state index is 0.0679. The Bertz CT molecular complexity index is 1140. The van der Waals surface area contributed by atoms with E-state index in [0.717, 1.165) is 46.8 Å². The van der Waals surface area contributed by atoms with Crippen molar-refractivity contribution >= 4 is 54.8 Å². The summed E-state index contributed by atoms with van der Waals surface area (Å²) in [5.41, 5.74) is 0. The molecule has 4 rings (SSSR count). The number of nitrogens with one attached hydrogen (secondary N) is 1. The highest BCUT2D eigenvalue weighted by atomic mass is 79.9. The maximum Gasteiger partial charge on any atom is 0.238 e. The molecule has 0 radical (unpaired) electrons. The molecule has 0 bridgehead atoms. The summed E-state index contributed by atoms with van der Waals surface area (Å²) in [5, 5.41) is 4.88. The third-order valence-electron chi connectivity index (χ3n) is 4.98. The largest absolute Gasteiger partial charge is 0.428 e. The van der Waals surface area contributed by atoms with Crippen LogP contribution in [0.5, 0.6) is 0 Å². The summed E-state index contributed by atoms with van der Waals surface area (Å²) >= 11 is 5.79. The van der Waals surface area contributed by atoms with Crippen LogP contribution in [0, 0.1) is 0 Å². The van der Waals surface area contributed by atoms with E-state index in [4.69, 9.17) is 4.42 Å². The fourth-order valence-corrected chi connectivity index (χ4v) is 6.69. The molecule has 0 aliphatic heterocycles. The standard InChI is InChI=1S/C21H21BrN2O4S3/c22-14-8-10-16(11-9-14)31(26,27)20-21(28-19(24-20)17-7-4-12-29-17)30-13-18(25)23-15-5-2-1-3-6-15/h4,7-12,15H,1-3,5-6,13H2,(H,23,25). The Balaban J connectivity index is 1.58. The van der Waals surface area contributed by atoms with Crippen LogP contribution in [0.1, 0.15) is 32.1 Å². The van der Waals surface area contributed by atoms with E-state index < -0.39 is 9.84 Å². The number of carbonyl (C=O) groups excluding carboxylic acids is 1. The molecule has 2 heterocycles. The van der Waals surface area contributed by atoms with Gasteiger partial charge in [0.25, 0.3) is 0 Å². The zero-order chi connectivity index (χ0) is 21.8. The summed E-state index contributed by atoms with van der Waals surface area (Å²) in [7, 11) is -3.91. The highest BCUT2D eigenvalue weighted by Crippen LogP contribution is 2.36. The van der Waals surface area contributed by atoms with Crippen LogP contribution in [0.15, 0.2) is 65.7 Å². The summed E-state index contributed by atoms with van der Waals surface area (Å²) < 4.78 is 33.1. The minimum Gasteiger partial charge on any atom is -0.428 e. The number of nitrogens with zero attached hydrogens (tertiary/aromatic N) is 1. The third kappa shape index (κ3) is 5.42. The lowest BCUT2D eigenvalue weighted by molar-refractivity contribution is -0.119. The van der Waals surface area contributed by atoms with Crippen LogP contribution in [-0.2, 0) is 14.6 Å². The van der Waals surface area contributed by atoms with Gasteiger partial charge >= 0.3 is 0 Å². The van der Waals surface area contributed by atoms with Crippen molar-refractivity contribution in [3.63, 3.8) is 0 Å². The second kappa shape index (κ2) is 9.89. The fraction of sp³-hybridized carbons (Fsp3) is 0.333. The van der Waals surface area contributed by atoms with Crippen molar-refractivity contribution in [3.8, 4) is 10.8 Å². The van der Waals surface area contributed by atoms with Crippen molar-refractivity contribution in [2.24, 2.45) is 0 Å². The van der Waals surface area contributed by atoms with Gasteiger partial charge in [-0.1, -0.05) is 53.0 Å². The molecule has 3 aromatic rings. The van der Waals surface area contributed by atoms with Crippen molar-refractivity contribution in [2.45, 2.75) is 53.2 Å². The van der Waals surface area contributed by atoms with Crippen molar-refractivity contribution in [3.05, 3.63) is 46.3 Å². The predicted molar refractivity (Wildman–Crippen MR) is 125 cm³/mol. The molecule has 2 aromatic heterocycles. The number of amides is 1. The van der Waals surface area contributed by atoms with Gasteiger partial charge in [0, 0.05) is 10.5 Å².